The van der Waals surface area contributed by atoms with Crippen LogP contribution in [0.25, 0.3) is 0 Å². The van der Waals surface area contributed by atoms with Gasteiger partial charge in [-0.3, -0.25) is 4.79 Å². The van der Waals surface area contributed by atoms with Crippen LogP contribution in [0.2, 0.25) is 0 Å². The van der Waals surface area contributed by atoms with Crippen molar-refractivity contribution in [2.45, 2.75) is 6.04 Å². The summed E-state index contributed by atoms with van der Waals surface area (Å²) in [6.07, 6.45) is 0. The normalized spacial score (nSPS) is 10.4. The molecule has 0 aliphatic carbocycles. The van der Waals surface area contributed by atoms with Gasteiger partial charge in [0.05, 0.1) is 0 Å². The third kappa shape index (κ3) is 8.03. The Balaban J connectivity index is -0.000000180. The molecular formula is C3H10ClNO3S. The summed E-state index contributed by atoms with van der Waals surface area (Å²) in [6.45, 7) is 0. The molecule has 0 aliphatic rings. The van der Waals surface area contributed by atoms with E-state index in [4.69, 9.17) is 10.8 Å². The second kappa shape index (κ2) is 8.03. The number of halogens is 1. The highest BCUT2D eigenvalue weighted by molar-refractivity contribution is 7.80. The van der Waals surface area contributed by atoms with E-state index in [1.54, 1.807) is 0 Å². The van der Waals surface area contributed by atoms with Crippen LogP contribution in [0.1, 0.15) is 0 Å². The quantitative estimate of drug-likeness (QED) is 0.466. The van der Waals surface area contributed by atoms with E-state index in [2.05, 4.69) is 12.6 Å². The summed E-state index contributed by atoms with van der Waals surface area (Å²) in [5.41, 5.74) is 4.94. The van der Waals surface area contributed by atoms with Gasteiger partial charge >= 0.3 is 5.97 Å². The van der Waals surface area contributed by atoms with Crippen molar-refractivity contribution in [1.29, 1.82) is 0 Å². The van der Waals surface area contributed by atoms with Crippen LogP contribution < -0.4 is 5.73 Å². The van der Waals surface area contributed by atoms with Crippen LogP contribution in [-0.2, 0) is 4.79 Å². The second-order valence-corrected chi connectivity index (χ2v) is 1.49. The summed E-state index contributed by atoms with van der Waals surface area (Å²) < 4.78 is 0. The van der Waals surface area contributed by atoms with Gasteiger partial charge in [-0.1, -0.05) is 0 Å². The maximum Gasteiger partial charge on any atom is 0.321 e. The third-order valence-electron chi connectivity index (χ3n) is 0.514. The fraction of sp³-hybridized carbons (Fsp3) is 0.667. The molecule has 0 heterocycles. The molecule has 5 N–H and O–H groups in total. The lowest BCUT2D eigenvalue weighted by molar-refractivity contribution is -0.137. The van der Waals surface area contributed by atoms with Gasteiger partial charge in [-0.2, -0.15) is 12.6 Å². The first-order valence-electron chi connectivity index (χ1n) is 1.77. The smallest absolute Gasteiger partial charge is 0.321 e. The van der Waals surface area contributed by atoms with E-state index in [-0.39, 0.29) is 23.6 Å². The molecule has 0 aromatic carbocycles. The molecule has 0 rings (SSSR count). The monoisotopic (exact) mass is 175 g/mol. The minimum atomic E-state index is -1.00. The molecule has 0 aliphatic heterocycles. The van der Waals surface area contributed by atoms with Crippen LogP contribution >= 0.6 is 25.0 Å². The van der Waals surface area contributed by atoms with E-state index < -0.39 is 12.0 Å². The van der Waals surface area contributed by atoms with Crippen molar-refractivity contribution < 1.29 is 15.4 Å². The molecule has 0 saturated heterocycles. The van der Waals surface area contributed by atoms with Gasteiger partial charge in [-0.15, -0.1) is 12.4 Å². The number of carboxylic acid groups (broad SMARTS) is 1. The molecule has 0 saturated carbocycles. The Morgan fingerprint density at radius 1 is 1.78 bits per heavy atom. The number of rotatable bonds is 2. The van der Waals surface area contributed by atoms with Gasteiger partial charge < -0.3 is 16.3 Å². The van der Waals surface area contributed by atoms with Crippen molar-refractivity contribution in [3.63, 3.8) is 0 Å². The van der Waals surface area contributed by atoms with Gasteiger partial charge in [-0.05, 0) is 0 Å². The van der Waals surface area contributed by atoms with Crippen molar-refractivity contribution in [2.75, 3.05) is 5.75 Å². The first-order valence-corrected chi connectivity index (χ1v) is 2.41. The zero-order valence-electron chi connectivity index (χ0n) is 4.57. The van der Waals surface area contributed by atoms with Crippen molar-refractivity contribution in [1.82, 2.24) is 0 Å². The van der Waals surface area contributed by atoms with Crippen LogP contribution in [0.3, 0.4) is 0 Å². The molecule has 58 valence electrons. The Morgan fingerprint density at radius 2 is 2.11 bits per heavy atom. The Kier molecular flexibility index (Phi) is 14.3. The van der Waals surface area contributed by atoms with Crippen LogP contribution in [0.15, 0.2) is 0 Å². The van der Waals surface area contributed by atoms with Crippen LogP contribution in [-0.4, -0.2) is 28.3 Å². The zero-order valence-corrected chi connectivity index (χ0v) is 6.28. The highest BCUT2D eigenvalue weighted by Gasteiger charge is 2.06. The number of hydrogen-bond acceptors (Lipinski definition) is 3. The SMILES string of the molecule is Cl.N[C@H](CS)C(=O)O.O. The van der Waals surface area contributed by atoms with E-state index in [0.717, 1.165) is 0 Å². The van der Waals surface area contributed by atoms with E-state index in [0.29, 0.717) is 0 Å². The maximum atomic E-state index is 9.76. The van der Waals surface area contributed by atoms with E-state index in [1.165, 1.54) is 0 Å². The number of carboxylic acids is 1. The molecular weight excluding hydrogens is 166 g/mol. The zero-order chi connectivity index (χ0) is 5.86. The summed E-state index contributed by atoms with van der Waals surface area (Å²) in [7, 11) is 0. The predicted molar refractivity (Wildman–Crippen MR) is 40.3 cm³/mol. The maximum absolute atomic E-state index is 9.76. The standard InChI is InChI=1S/C3H7NO2S.ClH.H2O/c4-2(1-7)3(5)6;;/h2,7H,1,4H2,(H,5,6);1H;1H2/t2-;;/m1../s1. The molecule has 0 aromatic rings. The Morgan fingerprint density at radius 3 is 2.11 bits per heavy atom. The van der Waals surface area contributed by atoms with Crippen molar-refractivity contribution in [3.8, 4) is 0 Å². The number of nitrogens with two attached hydrogens (primary N) is 1. The lowest BCUT2D eigenvalue weighted by atomic mass is 10.4. The van der Waals surface area contributed by atoms with E-state index in [9.17, 15) is 4.79 Å². The number of thiol groups is 1. The molecule has 0 fully saturated rings. The van der Waals surface area contributed by atoms with Crippen molar-refractivity contribution in [2.24, 2.45) is 5.73 Å². The minimum absolute atomic E-state index is 0. The van der Waals surface area contributed by atoms with Crippen LogP contribution in [0.5, 0.6) is 0 Å². The molecule has 6 heteroatoms. The summed E-state index contributed by atoms with van der Waals surface area (Å²) in [4.78, 5) is 9.76. The molecule has 0 aromatic heterocycles. The lowest BCUT2D eigenvalue weighted by Crippen LogP contribution is -2.31. The first-order chi connectivity index (χ1) is 3.18. The number of aliphatic carboxylic acids is 1. The summed E-state index contributed by atoms with van der Waals surface area (Å²) >= 11 is 3.65. The first kappa shape index (κ1) is 16.0. The molecule has 0 radical (unpaired) electrons. The third-order valence-corrected chi connectivity index (χ3v) is 0.907. The number of carbonyl (C=O) groups is 1. The summed E-state index contributed by atoms with van der Waals surface area (Å²) in [5.74, 6) is -0.815. The Labute approximate surface area is 64.6 Å². The molecule has 0 spiro atoms. The lowest BCUT2D eigenvalue weighted by Gasteiger charge is -1.96. The molecule has 9 heavy (non-hydrogen) atoms. The molecule has 0 unspecified atom stereocenters. The minimum Gasteiger partial charge on any atom is -0.480 e. The second-order valence-electron chi connectivity index (χ2n) is 1.13. The van der Waals surface area contributed by atoms with Crippen LogP contribution in [0.4, 0.5) is 0 Å². The van der Waals surface area contributed by atoms with Gasteiger partial charge in [-0.25, -0.2) is 0 Å². The molecule has 1 atom stereocenters. The predicted octanol–water partition coefficient (Wildman–Crippen LogP) is -1.07. The van der Waals surface area contributed by atoms with Crippen molar-refractivity contribution in [3.05, 3.63) is 0 Å². The van der Waals surface area contributed by atoms with E-state index >= 15 is 0 Å². The highest BCUT2D eigenvalue weighted by Crippen LogP contribution is 1.80. The van der Waals surface area contributed by atoms with Gasteiger partial charge in [0.15, 0.2) is 0 Å². The average molecular weight is 176 g/mol. The fourth-order valence-corrected chi connectivity index (χ4v) is 0.234. The average Bonchev–Trinajstić information content (AvgIpc) is 1.65. The summed E-state index contributed by atoms with van der Waals surface area (Å²) in [6, 6.07) is -0.816. The topological polar surface area (TPSA) is 94.8 Å². The molecule has 4 nitrogen and oxygen atoms in total. The van der Waals surface area contributed by atoms with Crippen molar-refractivity contribution >= 4 is 31.0 Å². The van der Waals surface area contributed by atoms with Gasteiger partial charge in [0.2, 0.25) is 0 Å². The molecule has 0 bridgehead atoms. The van der Waals surface area contributed by atoms with Gasteiger partial charge in [0.25, 0.3) is 0 Å². The fourth-order valence-electron chi connectivity index (χ4n) is 0.0781. The highest BCUT2D eigenvalue weighted by atomic mass is 35.5. The van der Waals surface area contributed by atoms with Gasteiger partial charge in [0, 0.05) is 5.75 Å². The van der Waals surface area contributed by atoms with Gasteiger partial charge in [0.1, 0.15) is 6.04 Å². The number of hydrogen-bond donors (Lipinski definition) is 3. The van der Waals surface area contributed by atoms with Crippen LogP contribution in [0, 0.1) is 0 Å². The van der Waals surface area contributed by atoms with E-state index in [1.807, 2.05) is 0 Å². The Bertz CT molecular complexity index is 81.5. The summed E-state index contributed by atoms with van der Waals surface area (Å²) in [5, 5.41) is 8.01. The molecule has 0 amide bonds. The largest absolute Gasteiger partial charge is 0.480 e. The Hall–Kier alpha value is 0.0300.